The fraction of sp³-hybridized carbons (Fsp3) is 0.160. The molecular formula is C25H26N2O4S. The fourth-order valence-corrected chi connectivity index (χ4v) is 4.50. The molecule has 32 heavy (non-hydrogen) atoms. The minimum atomic E-state index is -3.95. The second-order valence-electron chi connectivity index (χ2n) is 7.27. The molecule has 0 aliphatic heterocycles. The maximum absolute atomic E-state index is 13.4. The standard InChI is InChI=1S/C25H26N2O4S/c1-4-15-31-23-10-8-9-21(17-23)26-25(28)18-27(22-14-13-19(2)20(3)16-22)32(29,30)24-11-6-5-7-12-24/h4-14,16-17H,1,15,18H2,2-3H3,(H,26,28). The van der Waals surface area contributed by atoms with Gasteiger partial charge in [0, 0.05) is 11.8 Å². The van der Waals surface area contributed by atoms with Crippen molar-refractivity contribution >= 4 is 27.3 Å². The van der Waals surface area contributed by atoms with Crippen molar-refractivity contribution in [3.63, 3.8) is 0 Å². The summed E-state index contributed by atoms with van der Waals surface area (Å²) in [6.07, 6.45) is 1.63. The Kier molecular flexibility index (Phi) is 7.33. The highest BCUT2D eigenvalue weighted by atomic mass is 32.2. The van der Waals surface area contributed by atoms with Crippen LogP contribution >= 0.6 is 0 Å². The molecule has 0 saturated carbocycles. The van der Waals surface area contributed by atoms with E-state index in [-0.39, 0.29) is 11.4 Å². The first kappa shape index (κ1) is 23.1. The molecule has 0 bridgehead atoms. The highest BCUT2D eigenvalue weighted by molar-refractivity contribution is 7.92. The number of anilines is 2. The zero-order chi connectivity index (χ0) is 23.1. The van der Waals surface area contributed by atoms with Crippen LogP contribution in [0, 0.1) is 13.8 Å². The molecule has 0 unspecified atom stereocenters. The van der Waals surface area contributed by atoms with Crippen molar-refractivity contribution in [2.24, 2.45) is 0 Å². The highest BCUT2D eigenvalue weighted by Gasteiger charge is 2.27. The lowest BCUT2D eigenvalue weighted by Gasteiger charge is -2.25. The lowest BCUT2D eigenvalue weighted by molar-refractivity contribution is -0.114. The number of sulfonamides is 1. The van der Waals surface area contributed by atoms with Crippen molar-refractivity contribution in [1.29, 1.82) is 0 Å². The first-order chi connectivity index (χ1) is 15.3. The van der Waals surface area contributed by atoms with Gasteiger partial charge in [0.05, 0.1) is 10.6 Å². The molecule has 1 amide bonds. The predicted molar refractivity (Wildman–Crippen MR) is 128 cm³/mol. The van der Waals surface area contributed by atoms with E-state index in [4.69, 9.17) is 4.74 Å². The maximum atomic E-state index is 13.4. The third kappa shape index (κ3) is 5.56. The van der Waals surface area contributed by atoms with Gasteiger partial charge in [-0.15, -0.1) is 0 Å². The van der Waals surface area contributed by atoms with Gasteiger partial charge in [-0.1, -0.05) is 43.0 Å². The van der Waals surface area contributed by atoms with E-state index in [2.05, 4.69) is 11.9 Å². The summed E-state index contributed by atoms with van der Waals surface area (Å²) in [6, 6.07) is 20.3. The largest absolute Gasteiger partial charge is 0.489 e. The molecule has 0 heterocycles. The van der Waals surface area contributed by atoms with E-state index in [9.17, 15) is 13.2 Å². The van der Waals surface area contributed by atoms with Crippen molar-refractivity contribution in [1.82, 2.24) is 0 Å². The van der Waals surface area contributed by atoms with E-state index >= 15 is 0 Å². The number of nitrogens with zero attached hydrogens (tertiary/aromatic N) is 1. The molecule has 166 valence electrons. The van der Waals surface area contributed by atoms with Crippen LogP contribution in [0.2, 0.25) is 0 Å². The van der Waals surface area contributed by atoms with Gasteiger partial charge in [0.2, 0.25) is 5.91 Å². The van der Waals surface area contributed by atoms with Crippen molar-refractivity contribution in [3.8, 4) is 5.75 Å². The number of hydrogen-bond acceptors (Lipinski definition) is 4. The first-order valence-electron chi connectivity index (χ1n) is 10.1. The Morgan fingerprint density at radius 2 is 1.75 bits per heavy atom. The first-order valence-corrected chi connectivity index (χ1v) is 11.5. The number of ether oxygens (including phenoxy) is 1. The molecule has 3 aromatic carbocycles. The van der Waals surface area contributed by atoms with Gasteiger partial charge in [0.15, 0.2) is 0 Å². The van der Waals surface area contributed by atoms with Crippen LogP contribution in [0.1, 0.15) is 11.1 Å². The highest BCUT2D eigenvalue weighted by Crippen LogP contribution is 2.26. The molecular weight excluding hydrogens is 424 g/mol. The Morgan fingerprint density at radius 1 is 1.00 bits per heavy atom. The van der Waals surface area contributed by atoms with Crippen LogP contribution in [0.3, 0.4) is 0 Å². The smallest absolute Gasteiger partial charge is 0.264 e. The van der Waals surface area contributed by atoms with E-state index < -0.39 is 15.9 Å². The number of benzene rings is 3. The van der Waals surface area contributed by atoms with Crippen LogP contribution in [0.15, 0.2) is 90.3 Å². The quantitative estimate of drug-likeness (QED) is 0.480. The maximum Gasteiger partial charge on any atom is 0.264 e. The van der Waals surface area contributed by atoms with Crippen molar-refractivity contribution in [2.75, 3.05) is 22.8 Å². The molecule has 7 heteroatoms. The zero-order valence-corrected chi connectivity index (χ0v) is 18.9. The molecule has 6 nitrogen and oxygen atoms in total. The summed E-state index contributed by atoms with van der Waals surface area (Å²) < 4.78 is 33.4. The summed E-state index contributed by atoms with van der Waals surface area (Å²) >= 11 is 0. The minimum Gasteiger partial charge on any atom is -0.489 e. The third-order valence-electron chi connectivity index (χ3n) is 4.88. The molecule has 0 radical (unpaired) electrons. The van der Waals surface area contributed by atoms with Gasteiger partial charge in [0.1, 0.15) is 18.9 Å². The fourth-order valence-electron chi connectivity index (χ4n) is 3.07. The SMILES string of the molecule is C=CCOc1cccc(NC(=O)CN(c2ccc(C)c(C)c2)S(=O)(=O)c2ccccc2)c1. The number of amides is 1. The summed E-state index contributed by atoms with van der Waals surface area (Å²) in [7, 11) is -3.95. The monoisotopic (exact) mass is 450 g/mol. The Bertz CT molecular complexity index is 1210. The lowest BCUT2D eigenvalue weighted by Crippen LogP contribution is -2.38. The predicted octanol–water partition coefficient (Wildman–Crippen LogP) is 4.70. The summed E-state index contributed by atoms with van der Waals surface area (Å²) in [5.74, 6) is 0.106. The number of carbonyl (C=O) groups excluding carboxylic acids is 1. The molecule has 0 fully saturated rings. The molecule has 0 atom stereocenters. The van der Waals surface area contributed by atoms with Gasteiger partial charge in [-0.25, -0.2) is 8.42 Å². The van der Waals surface area contributed by atoms with Gasteiger partial charge >= 0.3 is 0 Å². The molecule has 1 N–H and O–H groups in total. The number of hydrogen-bond donors (Lipinski definition) is 1. The molecule has 0 aliphatic carbocycles. The van der Waals surface area contributed by atoms with Crippen LogP contribution < -0.4 is 14.4 Å². The van der Waals surface area contributed by atoms with Crippen molar-refractivity contribution < 1.29 is 17.9 Å². The summed E-state index contributed by atoms with van der Waals surface area (Å²) in [6.45, 7) is 7.42. The molecule has 0 aliphatic rings. The van der Waals surface area contributed by atoms with Crippen LogP contribution in [0.4, 0.5) is 11.4 Å². The second-order valence-corrected chi connectivity index (χ2v) is 9.13. The van der Waals surface area contributed by atoms with E-state index in [1.165, 1.54) is 12.1 Å². The van der Waals surface area contributed by atoms with E-state index in [0.29, 0.717) is 23.7 Å². The van der Waals surface area contributed by atoms with Gasteiger partial charge in [-0.3, -0.25) is 9.10 Å². The Labute approximate surface area is 189 Å². The second kappa shape index (κ2) is 10.2. The molecule has 3 rings (SSSR count). The van der Waals surface area contributed by atoms with Crippen LogP contribution in [0.25, 0.3) is 0 Å². The zero-order valence-electron chi connectivity index (χ0n) is 18.1. The van der Waals surface area contributed by atoms with Crippen molar-refractivity contribution in [3.05, 3.63) is 96.6 Å². The van der Waals surface area contributed by atoms with E-state index in [1.54, 1.807) is 60.7 Å². The summed E-state index contributed by atoms with van der Waals surface area (Å²) in [5.41, 5.74) is 2.90. The summed E-state index contributed by atoms with van der Waals surface area (Å²) in [4.78, 5) is 13.0. The molecule has 3 aromatic rings. The van der Waals surface area contributed by atoms with Gasteiger partial charge < -0.3 is 10.1 Å². The van der Waals surface area contributed by atoms with Crippen LogP contribution in [-0.2, 0) is 14.8 Å². The lowest BCUT2D eigenvalue weighted by atomic mass is 10.1. The molecule has 0 spiro atoms. The topological polar surface area (TPSA) is 75.7 Å². The average molecular weight is 451 g/mol. The number of rotatable bonds is 9. The Morgan fingerprint density at radius 3 is 2.44 bits per heavy atom. The van der Waals surface area contributed by atoms with Crippen LogP contribution in [0.5, 0.6) is 5.75 Å². The van der Waals surface area contributed by atoms with Crippen LogP contribution in [-0.4, -0.2) is 27.5 Å². The Balaban J connectivity index is 1.90. The number of carbonyl (C=O) groups is 1. The third-order valence-corrected chi connectivity index (χ3v) is 6.67. The molecule has 0 saturated heterocycles. The normalized spacial score (nSPS) is 10.9. The average Bonchev–Trinajstić information content (AvgIpc) is 2.79. The number of nitrogens with one attached hydrogen (secondary N) is 1. The van der Waals surface area contributed by atoms with Gasteiger partial charge in [0.25, 0.3) is 10.0 Å². The number of aryl methyl sites for hydroxylation is 2. The van der Waals surface area contributed by atoms with E-state index in [1.807, 2.05) is 19.9 Å². The van der Waals surface area contributed by atoms with E-state index in [0.717, 1.165) is 15.4 Å². The molecule has 0 aromatic heterocycles. The minimum absolute atomic E-state index is 0.117. The van der Waals surface area contributed by atoms with Gasteiger partial charge in [-0.2, -0.15) is 0 Å². The summed E-state index contributed by atoms with van der Waals surface area (Å²) in [5, 5.41) is 2.76. The Hall–Kier alpha value is -3.58. The van der Waals surface area contributed by atoms with Gasteiger partial charge in [-0.05, 0) is 61.4 Å². The van der Waals surface area contributed by atoms with Crippen molar-refractivity contribution in [2.45, 2.75) is 18.7 Å².